The maximum absolute atomic E-state index is 12.3. The van der Waals surface area contributed by atoms with Gasteiger partial charge in [-0.05, 0) is 26.0 Å². The van der Waals surface area contributed by atoms with Crippen molar-refractivity contribution in [1.82, 2.24) is 19.7 Å². The molecular weight excluding hydrogens is 320 g/mol. The quantitative estimate of drug-likeness (QED) is 0.735. The van der Waals surface area contributed by atoms with Crippen LogP contribution in [0.3, 0.4) is 0 Å². The molecule has 9 heteroatoms. The van der Waals surface area contributed by atoms with Crippen molar-refractivity contribution >= 4 is 10.0 Å². The van der Waals surface area contributed by atoms with Crippen LogP contribution in [0.1, 0.15) is 11.5 Å². The van der Waals surface area contributed by atoms with E-state index < -0.39 is 10.0 Å². The number of nitrogens with one attached hydrogen (secondary N) is 1. The standard InChI is InChI=1S/C14H16N4O4S/c1-10-14(11(2)22-17-10)23(19,20)16-5-6-18-9-12(8-15-18)13-4-3-7-21-13/h3-4,7-9,16H,5-6H2,1-2H3. The number of hydrogen-bond donors (Lipinski definition) is 1. The summed E-state index contributed by atoms with van der Waals surface area (Å²) in [7, 11) is -3.65. The summed E-state index contributed by atoms with van der Waals surface area (Å²) in [5.41, 5.74) is 1.18. The third kappa shape index (κ3) is 3.20. The van der Waals surface area contributed by atoms with Crippen LogP contribution in [0, 0.1) is 13.8 Å². The predicted molar refractivity (Wildman–Crippen MR) is 81.1 cm³/mol. The Balaban J connectivity index is 1.64. The van der Waals surface area contributed by atoms with Crippen molar-refractivity contribution in [3.8, 4) is 11.3 Å². The summed E-state index contributed by atoms with van der Waals surface area (Å²) in [4.78, 5) is 0.0919. The molecule has 0 aliphatic heterocycles. The lowest BCUT2D eigenvalue weighted by Gasteiger charge is -2.06. The lowest BCUT2D eigenvalue weighted by atomic mass is 10.3. The minimum atomic E-state index is -3.65. The molecule has 0 unspecified atom stereocenters. The zero-order chi connectivity index (χ0) is 16.4. The van der Waals surface area contributed by atoms with E-state index >= 15 is 0 Å². The van der Waals surface area contributed by atoms with E-state index in [1.165, 1.54) is 0 Å². The first-order chi connectivity index (χ1) is 11.0. The zero-order valence-electron chi connectivity index (χ0n) is 12.7. The molecule has 0 fully saturated rings. The van der Waals surface area contributed by atoms with Crippen molar-refractivity contribution in [2.75, 3.05) is 6.54 Å². The summed E-state index contributed by atoms with van der Waals surface area (Å²) in [6, 6.07) is 3.63. The van der Waals surface area contributed by atoms with Crippen LogP contribution in [-0.4, -0.2) is 29.9 Å². The number of rotatable bonds is 6. The van der Waals surface area contributed by atoms with E-state index in [0.717, 1.165) is 5.56 Å². The SMILES string of the molecule is Cc1noc(C)c1S(=O)(=O)NCCn1cc(-c2ccco2)cn1. The van der Waals surface area contributed by atoms with E-state index in [9.17, 15) is 8.42 Å². The highest BCUT2D eigenvalue weighted by molar-refractivity contribution is 7.89. The van der Waals surface area contributed by atoms with Crippen molar-refractivity contribution in [3.05, 3.63) is 42.2 Å². The molecule has 0 bridgehead atoms. The van der Waals surface area contributed by atoms with Gasteiger partial charge >= 0.3 is 0 Å². The second-order valence-electron chi connectivity index (χ2n) is 5.02. The van der Waals surface area contributed by atoms with E-state index in [2.05, 4.69) is 15.0 Å². The largest absolute Gasteiger partial charge is 0.464 e. The molecule has 3 aromatic rings. The van der Waals surface area contributed by atoms with Crippen LogP contribution >= 0.6 is 0 Å². The van der Waals surface area contributed by atoms with E-state index in [0.29, 0.717) is 18.0 Å². The van der Waals surface area contributed by atoms with Gasteiger partial charge in [-0.2, -0.15) is 5.10 Å². The van der Waals surface area contributed by atoms with Crippen molar-refractivity contribution in [3.63, 3.8) is 0 Å². The van der Waals surface area contributed by atoms with Gasteiger partial charge in [0.05, 0.1) is 24.6 Å². The van der Waals surface area contributed by atoms with Gasteiger partial charge in [-0.25, -0.2) is 13.1 Å². The lowest BCUT2D eigenvalue weighted by molar-refractivity contribution is 0.390. The minimum Gasteiger partial charge on any atom is -0.464 e. The average Bonchev–Trinajstić information content (AvgIpc) is 3.19. The summed E-state index contributed by atoms with van der Waals surface area (Å²) < 4.78 is 38.9. The van der Waals surface area contributed by atoms with Crippen LogP contribution < -0.4 is 4.72 Å². The highest BCUT2D eigenvalue weighted by atomic mass is 32.2. The first kappa shape index (κ1) is 15.5. The first-order valence-electron chi connectivity index (χ1n) is 6.96. The Morgan fingerprint density at radius 3 is 2.83 bits per heavy atom. The fraction of sp³-hybridized carbons (Fsp3) is 0.286. The van der Waals surface area contributed by atoms with Gasteiger partial charge in [-0.1, -0.05) is 5.16 Å². The zero-order valence-corrected chi connectivity index (χ0v) is 13.5. The van der Waals surface area contributed by atoms with E-state index in [4.69, 9.17) is 8.94 Å². The Kier molecular flexibility index (Phi) is 4.05. The van der Waals surface area contributed by atoms with Crippen molar-refractivity contribution < 1.29 is 17.4 Å². The van der Waals surface area contributed by atoms with Crippen LogP contribution in [-0.2, 0) is 16.6 Å². The van der Waals surface area contributed by atoms with Gasteiger partial charge in [0, 0.05) is 12.7 Å². The summed E-state index contributed by atoms with van der Waals surface area (Å²) in [6.07, 6.45) is 5.05. The number of aromatic nitrogens is 3. The molecule has 1 N–H and O–H groups in total. The minimum absolute atomic E-state index is 0.0919. The molecule has 0 aliphatic carbocycles. The Hall–Kier alpha value is -2.39. The smallest absolute Gasteiger partial charge is 0.246 e. The number of furan rings is 1. The Morgan fingerprint density at radius 2 is 2.17 bits per heavy atom. The van der Waals surface area contributed by atoms with Crippen molar-refractivity contribution in [2.24, 2.45) is 0 Å². The summed E-state index contributed by atoms with van der Waals surface area (Å²) in [5, 5.41) is 7.84. The van der Waals surface area contributed by atoms with Crippen LogP contribution in [0.25, 0.3) is 11.3 Å². The molecule has 0 aromatic carbocycles. The first-order valence-corrected chi connectivity index (χ1v) is 8.44. The molecule has 0 saturated heterocycles. The molecule has 3 aromatic heterocycles. The summed E-state index contributed by atoms with van der Waals surface area (Å²) >= 11 is 0. The normalized spacial score (nSPS) is 11.9. The van der Waals surface area contributed by atoms with Gasteiger partial charge in [-0.3, -0.25) is 4.68 Å². The molecule has 0 atom stereocenters. The molecule has 8 nitrogen and oxygen atoms in total. The summed E-state index contributed by atoms with van der Waals surface area (Å²) in [6.45, 7) is 3.75. The number of aryl methyl sites for hydroxylation is 2. The molecule has 0 amide bonds. The van der Waals surface area contributed by atoms with Gasteiger partial charge in [0.25, 0.3) is 0 Å². The van der Waals surface area contributed by atoms with Crippen LogP contribution in [0.15, 0.2) is 44.6 Å². The van der Waals surface area contributed by atoms with E-state index in [1.807, 2.05) is 6.07 Å². The highest BCUT2D eigenvalue weighted by Gasteiger charge is 2.23. The Labute approximate surface area is 133 Å². The third-order valence-electron chi connectivity index (χ3n) is 3.31. The van der Waals surface area contributed by atoms with Gasteiger partial charge < -0.3 is 8.94 Å². The maximum Gasteiger partial charge on any atom is 0.246 e. The molecule has 0 aliphatic rings. The number of nitrogens with zero attached hydrogens (tertiary/aromatic N) is 3. The number of hydrogen-bond acceptors (Lipinski definition) is 6. The predicted octanol–water partition coefficient (Wildman–Crippen LogP) is 1.73. The van der Waals surface area contributed by atoms with Gasteiger partial charge in [-0.15, -0.1) is 0 Å². The topological polar surface area (TPSA) is 103 Å². The van der Waals surface area contributed by atoms with Crippen molar-refractivity contribution in [1.29, 1.82) is 0 Å². The second kappa shape index (κ2) is 6.01. The molecule has 23 heavy (non-hydrogen) atoms. The van der Waals surface area contributed by atoms with Gasteiger partial charge in [0.15, 0.2) is 5.76 Å². The van der Waals surface area contributed by atoms with Crippen LogP contribution in [0.5, 0.6) is 0 Å². The number of sulfonamides is 1. The Morgan fingerprint density at radius 1 is 1.35 bits per heavy atom. The van der Waals surface area contributed by atoms with Crippen LogP contribution in [0.4, 0.5) is 0 Å². The molecule has 122 valence electrons. The molecule has 0 radical (unpaired) electrons. The average molecular weight is 336 g/mol. The van der Waals surface area contributed by atoms with Crippen LogP contribution in [0.2, 0.25) is 0 Å². The lowest BCUT2D eigenvalue weighted by Crippen LogP contribution is -2.28. The fourth-order valence-corrected chi connectivity index (χ4v) is 3.63. The monoisotopic (exact) mass is 336 g/mol. The molecule has 3 heterocycles. The third-order valence-corrected chi connectivity index (χ3v) is 5.01. The molecule has 0 spiro atoms. The van der Waals surface area contributed by atoms with Gasteiger partial charge in [0.1, 0.15) is 16.3 Å². The Bertz CT molecular complexity index is 874. The molecular formula is C14H16N4O4S. The fourth-order valence-electron chi connectivity index (χ4n) is 2.28. The molecule has 0 saturated carbocycles. The van der Waals surface area contributed by atoms with E-state index in [-0.39, 0.29) is 17.2 Å². The van der Waals surface area contributed by atoms with Crippen molar-refractivity contribution in [2.45, 2.75) is 25.3 Å². The van der Waals surface area contributed by atoms with Gasteiger partial charge in [0.2, 0.25) is 10.0 Å². The highest BCUT2D eigenvalue weighted by Crippen LogP contribution is 2.19. The van der Waals surface area contributed by atoms with E-state index in [1.54, 1.807) is 43.3 Å². The summed E-state index contributed by atoms with van der Waals surface area (Å²) in [5.74, 6) is 0.988. The maximum atomic E-state index is 12.3. The molecule has 3 rings (SSSR count). The second-order valence-corrected chi connectivity index (χ2v) is 6.72.